The van der Waals surface area contributed by atoms with Crippen LogP contribution in [0.25, 0.3) is 10.6 Å². The fourth-order valence-electron chi connectivity index (χ4n) is 3.79. The normalized spacial score (nSPS) is 16.6. The van der Waals surface area contributed by atoms with E-state index < -0.39 is 0 Å². The second-order valence-electron chi connectivity index (χ2n) is 6.91. The molecular formula is C21H29N3O3S. The zero-order valence-corrected chi connectivity index (χ0v) is 18.1. The molecule has 0 spiro atoms. The second-order valence-corrected chi connectivity index (χ2v) is 7.91. The van der Waals surface area contributed by atoms with Gasteiger partial charge in [-0.1, -0.05) is 13.8 Å². The lowest BCUT2D eigenvalue weighted by Gasteiger charge is -2.26. The van der Waals surface area contributed by atoms with E-state index in [1.807, 2.05) is 30.0 Å². The number of aromatic nitrogens is 1. The summed E-state index contributed by atoms with van der Waals surface area (Å²) in [6, 6.07) is 6.10. The molecule has 1 aliphatic rings. The first-order valence-electron chi connectivity index (χ1n) is 9.75. The second kappa shape index (κ2) is 8.92. The van der Waals surface area contributed by atoms with Crippen molar-refractivity contribution in [3.8, 4) is 22.1 Å². The van der Waals surface area contributed by atoms with Crippen molar-refractivity contribution in [3.63, 3.8) is 0 Å². The molecule has 0 N–H and O–H groups in total. The molecule has 2 aromatic rings. The van der Waals surface area contributed by atoms with Crippen molar-refractivity contribution in [1.82, 2.24) is 14.8 Å². The molecular weight excluding hydrogens is 374 g/mol. The lowest BCUT2D eigenvalue weighted by molar-refractivity contribution is 0.0782. The summed E-state index contributed by atoms with van der Waals surface area (Å²) in [7, 11) is 3.25. The lowest BCUT2D eigenvalue weighted by Crippen LogP contribution is -2.38. The van der Waals surface area contributed by atoms with E-state index in [4.69, 9.17) is 9.47 Å². The Kier molecular flexibility index (Phi) is 6.57. The smallest absolute Gasteiger partial charge is 0.265 e. The molecule has 0 radical (unpaired) electrons. The van der Waals surface area contributed by atoms with Gasteiger partial charge in [0.2, 0.25) is 0 Å². The minimum absolute atomic E-state index is 0.0865. The highest BCUT2D eigenvalue weighted by atomic mass is 32.1. The first kappa shape index (κ1) is 20.6. The third-order valence-corrected chi connectivity index (χ3v) is 6.59. The average molecular weight is 404 g/mol. The van der Waals surface area contributed by atoms with Gasteiger partial charge >= 0.3 is 0 Å². The number of carbonyl (C=O) groups excluding carboxylic acids is 1. The van der Waals surface area contributed by atoms with Gasteiger partial charge in [0, 0.05) is 25.2 Å². The monoisotopic (exact) mass is 403 g/mol. The summed E-state index contributed by atoms with van der Waals surface area (Å²) in [6.07, 6.45) is 1.03. The molecule has 1 amide bonds. The van der Waals surface area contributed by atoms with Crippen LogP contribution in [0.4, 0.5) is 0 Å². The van der Waals surface area contributed by atoms with Crippen molar-refractivity contribution in [1.29, 1.82) is 0 Å². The maximum absolute atomic E-state index is 13.1. The number of rotatable bonds is 7. The van der Waals surface area contributed by atoms with Gasteiger partial charge in [0.15, 0.2) is 0 Å². The molecule has 7 heteroatoms. The Hall–Kier alpha value is -2.12. The minimum Gasteiger partial charge on any atom is -0.497 e. The molecule has 1 saturated heterocycles. The molecule has 6 nitrogen and oxygen atoms in total. The number of benzene rings is 1. The van der Waals surface area contributed by atoms with Crippen LogP contribution in [-0.2, 0) is 0 Å². The standard InChI is InChI=1S/C21H29N3O3S/c1-6-23(7-2)15-10-11-24(13-15)21(25)19-14(3)22-20(28-19)17-9-8-16(26-4)12-18(17)27-5/h8-9,12,15H,6-7,10-11,13H2,1-5H3. The van der Waals surface area contributed by atoms with Gasteiger partial charge in [-0.2, -0.15) is 0 Å². The molecule has 0 aliphatic carbocycles. The number of methoxy groups -OCH3 is 2. The summed E-state index contributed by atoms with van der Waals surface area (Å²) < 4.78 is 10.8. The highest BCUT2D eigenvalue weighted by molar-refractivity contribution is 7.17. The Morgan fingerprint density at radius 2 is 2.04 bits per heavy atom. The highest BCUT2D eigenvalue weighted by Gasteiger charge is 2.31. The van der Waals surface area contributed by atoms with Crippen LogP contribution in [0.2, 0.25) is 0 Å². The summed E-state index contributed by atoms with van der Waals surface area (Å²) in [4.78, 5) is 22.9. The quantitative estimate of drug-likeness (QED) is 0.706. The number of nitrogens with zero attached hydrogens (tertiary/aromatic N) is 3. The zero-order chi connectivity index (χ0) is 20.3. The number of ether oxygens (including phenoxy) is 2. The van der Waals surface area contributed by atoms with E-state index in [2.05, 4.69) is 23.7 Å². The van der Waals surface area contributed by atoms with Gasteiger partial charge in [0.05, 0.1) is 25.5 Å². The van der Waals surface area contributed by atoms with Crippen molar-refractivity contribution < 1.29 is 14.3 Å². The Morgan fingerprint density at radius 1 is 1.29 bits per heavy atom. The fourth-order valence-corrected chi connectivity index (χ4v) is 4.86. The Bertz CT molecular complexity index is 832. The minimum atomic E-state index is 0.0865. The predicted molar refractivity (Wildman–Crippen MR) is 113 cm³/mol. The van der Waals surface area contributed by atoms with Crippen LogP contribution >= 0.6 is 11.3 Å². The Morgan fingerprint density at radius 3 is 2.68 bits per heavy atom. The topological polar surface area (TPSA) is 54.9 Å². The number of aryl methyl sites for hydroxylation is 1. The molecule has 1 fully saturated rings. The molecule has 0 saturated carbocycles. The summed E-state index contributed by atoms with van der Waals surface area (Å²) in [6.45, 7) is 9.89. The van der Waals surface area contributed by atoms with Crippen LogP contribution in [0.3, 0.4) is 0 Å². The average Bonchev–Trinajstić information content (AvgIpc) is 3.35. The molecule has 1 aliphatic heterocycles. The van der Waals surface area contributed by atoms with E-state index in [-0.39, 0.29) is 5.91 Å². The largest absolute Gasteiger partial charge is 0.497 e. The van der Waals surface area contributed by atoms with E-state index in [1.165, 1.54) is 11.3 Å². The molecule has 1 aromatic carbocycles. The SMILES string of the molecule is CCN(CC)C1CCN(C(=O)c2sc(-c3ccc(OC)cc3OC)nc2C)C1. The van der Waals surface area contributed by atoms with Crippen molar-refractivity contribution in [2.24, 2.45) is 0 Å². The van der Waals surface area contributed by atoms with E-state index in [0.717, 1.165) is 54.6 Å². The van der Waals surface area contributed by atoms with Crippen molar-refractivity contribution in [2.75, 3.05) is 40.4 Å². The van der Waals surface area contributed by atoms with Crippen LogP contribution in [0.15, 0.2) is 18.2 Å². The highest BCUT2D eigenvalue weighted by Crippen LogP contribution is 2.37. The molecule has 2 heterocycles. The van der Waals surface area contributed by atoms with Gasteiger partial charge in [-0.3, -0.25) is 9.69 Å². The maximum atomic E-state index is 13.1. The van der Waals surface area contributed by atoms with Gasteiger partial charge in [0.25, 0.3) is 5.91 Å². The van der Waals surface area contributed by atoms with Crippen LogP contribution < -0.4 is 9.47 Å². The summed E-state index contributed by atoms with van der Waals surface area (Å²) in [5, 5.41) is 0.792. The van der Waals surface area contributed by atoms with E-state index in [0.29, 0.717) is 16.7 Å². The van der Waals surface area contributed by atoms with Crippen molar-refractivity contribution in [2.45, 2.75) is 33.2 Å². The summed E-state index contributed by atoms with van der Waals surface area (Å²) in [5.74, 6) is 1.50. The number of likely N-dealkylation sites (tertiary alicyclic amines) is 1. The predicted octanol–water partition coefficient (Wildman–Crippen LogP) is 3.69. The van der Waals surface area contributed by atoms with Crippen LogP contribution in [0.5, 0.6) is 11.5 Å². The maximum Gasteiger partial charge on any atom is 0.265 e. The van der Waals surface area contributed by atoms with E-state index in [1.54, 1.807) is 14.2 Å². The first-order valence-corrected chi connectivity index (χ1v) is 10.6. The van der Waals surface area contributed by atoms with Crippen molar-refractivity contribution in [3.05, 3.63) is 28.8 Å². The molecule has 0 bridgehead atoms. The molecule has 152 valence electrons. The number of likely N-dealkylation sites (N-methyl/N-ethyl adjacent to an activating group) is 1. The lowest BCUT2D eigenvalue weighted by atomic mass is 10.2. The number of thiazole rings is 1. The number of carbonyl (C=O) groups is 1. The summed E-state index contributed by atoms with van der Waals surface area (Å²) in [5.41, 5.74) is 1.65. The number of hydrogen-bond donors (Lipinski definition) is 0. The molecule has 1 unspecified atom stereocenters. The van der Waals surface area contributed by atoms with Crippen LogP contribution in [0.1, 0.15) is 35.6 Å². The van der Waals surface area contributed by atoms with Crippen LogP contribution in [-0.4, -0.2) is 67.1 Å². The van der Waals surface area contributed by atoms with E-state index in [9.17, 15) is 4.79 Å². The van der Waals surface area contributed by atoms with E-state index >= 15 is 0 Å². The molecule has 1 atom stereocenters. The van der Waals surface area contributed by atoms with Gasteiger partial charge in [-0.25, -0.2) is 4.98 Å². The summed E-state index contributed by atoms with van der Waals surface area (Å²) >= 11 is 1.43. The van der Waals surface area contributed by atoms with Gasteiger partial charge in [-0.05, 0) is 38.6 Å². The van der Waals surface area contributed by atoms with Crippen molar-refractivity contribution >= 4 is 17.2 Å². The molecule has 1 aromatic heterocycles. The number of amides is 1. The van der Waals surface area contributed by atoms with Gasteiger partial charge in [0.1, 0.15) is 21.4 Å². The van der Waals surface area contributed by atoms with Gasteiger partial charge < -0.3 is 14.4 Å². The third kappa shape index (κ3) is 4.00. The van der Waals surface area contributed by atoms with Crippen LogP contribution in [0, 0.1) is 6.92 Å². The Balaban J connectivity index is 1.82. The zero-order valence-electron chi connectivity index (χ0n) is 17.3. The molecule has 28 heavy (non-hydrogen) atoms. The first-order chi connectivity index (χ1) is 13.5. The Labute approximate surface area is 171 Å². The molecule has 3 rings (SSSR count). The number of hydrogen-bond acceptors (Lipinski definition) is 6. The fraction of sp³-hybridized carbons (Fsp3) is 0.524. The van der Waals surface area contributed by atoms with Gasteiger partial charge in [-0.15, -0.1) is 11.3 Å². The third-order valence-electron chi connectivity index (χ3n) is 5.41.